The summed E-state index contributed by atoms with van der Waals surface area (Å²) in [6.07, 6.45) is 0. The number of benzene rings is 3. The summed E-state index contributed by atoms with van der Waals surface area (Å²) in [7, 11) is -4.11. The molecule has 3 aromatic carbocycles. The van der Waals surface area contributed by atoms with Gasteiger partial charge in [-0.25, -0.2) is 0 Å². The van der Waals surface area contributed by atoms with Crippen molar-refractivity contribution < 1.29 is 19.9 Å². The molecule has 0 radical (unpaired) electrons. The van der Waals surface area contributed by atoms with Crippen LogP contribution in [0.25, 0.3) is 0 Å². The zero-order chi connectivity index (χ0) is 18.4. The second-order valence-electron chi connectivity index (χ2n) is 4.99. The first-order valence-electron chi connectivity index (χ1n) is 7.48. The fraction of sp³-hybridized carbons (Fsp3) is 0. The molecule has 0 aliphatic rings. The Morgan fingerprint density at radius 1 is 0.769 bits per heavy atom. The van der Waals surface area contributed by atoms with Gasteiger partial charge in [0.1, 0.15) is 0 Å². The van der Waals surface area contributed by atoms with Gasteiger partial charge >= 0.3 is 165 Å². The van der Waals surface area contributed by atoms with Gasteiger partial charge in [0.25, 0.3) is 0 Å². The summed E-state index contributed by atoms with van der Waals surface area (Å²) in [5.74, 6) is 0.624. The molecule has 0 bridgehead atoms. The summed E-state index contributed by atoms with van der Waals surface area (Å²) >= 11 is 2.60. The molecule has 0 atom stereocenters. The SMILES string of the molecule is O=P(Oc1ccccc1)(Oc1ccccc1)OI(O)c1ccc(Cl)cc1. The van der Waals surface area contributed by atoms with Gasteiger partial charge in [0, 0.05) is 0 Å². The van der Waals surface area contributed by atoms with E-state index in [0.717, 1.165) is 0 Å². The van der Waals surface area contributed by atoms with E-state index in [-0.39, 0.29) is 0 Å². The zero-order valence-corrected chi connectivity index (χ0v) is 17.2. The molecule has 8 heteroatoms. The van der Waals surface area contributed by atoms with Crippen molar-refractivity contribution in [3.8, 4) is 11.5 Å². The Bertz CT molecular complexity index is 832. The molecule has 0 unspecified atom stereocenters. The number of phosphoric acid groups is 1. The fourth-order valence-corrected chi connectivity index (χ4v) is 6.65. The zero-order valence-electron chi connectivity index (χ0n) is 13.4. The molecule has 0 aromatic heterocycles. The predicted molar refractivity (Wildman–Crippen MR) is 109 cm³/mol. The van der Waals surface area contributed by atoms with Crippen molar-refractivity contribution in [2.24, 2.45) is 0 Å². The maximum absolute atomic E-state index is 13.2. The molecule has 26 heavy (non-hydrogen) atoms. The summed E-state index contributed by atoms with van der Waals surface area (Å²) in [5.41, 5.74) is 0. The van der Waals surface area contributed by atoms with Crippen LogP contribution in [0.2, 0.25) is 5.02 Å². The molecule has 1 N–H and O–H groups in total. The van der Waals surface area contributed by atoms with Crippen molar-refractivity contribution in [2.75, 3.05) is 0 Å². The summed E-state index contributed by atoms with van der Waals surface area (Å²) in [6.45, 7) is 0. The van der Waals surface area contributed by atoms with E-state index >= 15 is 0 Å². The maximum atomic E-state index is 13.2. The second-order valence-corrected chi connectivity index (χ2v) is 10.6. The molecule has 3 aromatic rings. The standard InChI is InChI=1S/C18H15ClIO5P/c19-15-11-13-16(14-12-15)20(21)25-26(22,23-17-7-3-1-4-8-17)24-18-9-5-2-6-10-18/h1-14,21H. The van der Waals surface area contributed by atoms with Crippen LogP contribution in [0, 0.1) is 3.57 Å². The molecule has 0 saturated heterocycles. The van der Waals surface area contributed by atoms with E-state index in [9.17, 15) is 8.00 Å². The third-order valence-electron chi connectivity index (χ3n) is 3.06. The normalized spacial score (nSPS) is 11.7. The van der Waals surface area contributed by atoms with Crippen molar-refractivity contribution in [2.45, 2.75) is 0 Å². The van der Waals surface area contributed by atoms with Crippen LogP contribution in [0.4, 0.5) is 0 Å². The van der Waals surface area contributed by atoms with E-state index in [0.29, 0.717) is 20.1 Å². The Labute approximate surface area is 164 Å². The topological polar surface area (TPSA) is 65.0 Å². The molecular weight excluding hydrogens is 490 g/mol. The predicted octanol–water partition coefficient (Wildman–Crippen LogP) is 6.12. The first-order chi connectivity index (χ1) is 12.5. The molecule has 0 aliphatic heterocycles. The molecule has 0 spiro atoms. The third-order valence-corrected chi connectivity index (χ3v) is 8.83. The summed E-state index contributed by atoms with van der Waals surface area (Å²) in [5, 5.41) is 0.530. The minimum absolute atomic E-state index is 0.312. The summed E-state index contributed by atoms with van der Waals surface area (Å²) < 4.78 is 40.6. The van der Waals surface area contributed by atoms with E-state index in [2.05, 4.69) is 0 Å². The number of phosphoric ester groups is 1. The minimum atomic E-state index is -4.11. The van der Waals surface area contributed by atoms with Crippen LogP contribution >= 0.6 is 40.1 Å². The Hall–Kier alpha value is -1.57. The van der Waals surface area contributed by atoms with Crippen LogP contribution in [0.15, 0.2) is 84.9 Å². The molecule has 0 aliphatic carbocycles. The van der Waals surface area contributed by atoms with Gasteiger partial charge < -0.3 is 0 Å². The van der Waals surface area contributed by atoms with Crippen LogP contribution in [0.1, 0.15) is 0 Å². The van der Waals surface area contributed by atoms with Crippen molar-refractivity contribution >= 4 is 40.1 Å². The van der Waals surface area contributed by atoms with Gasteiger partial charge in [-0.15, -0.1) is 0 Å². The van der Waals surface area contributed by atoms with E-state index in [1.807, 2.05) is 0 Å². The van der Waals surface area contributed by atoms with Gasteiger partial charge in [0.2, 0.25) is 0 Å². The molecule has 0 heterocycles. The van der Waals surface area contributed by atoms with E-state index < -0.39 is 28.5 Å². The van der Waals surface area contributed by atoms with Gasteiger partial charge in [-0.2, -0.15) is 0 Å². The van der Waals surface area contributed by atoms with Crippen LogP contribution in [0.5, 0.6) is 11.5 Å². The molecule has 0 amide bonds. The van der Waals surface area contributed by atoms with Crippen molar-refractivity contribution in [1.82, 2.24) is 0 Å². The fourth-order valence-electron chi connectivity index (χ4n) is 1.92. The number of hydrogen-bond acceptors (Lipinski definition) is 5. The monoisotopic (exact) mass is 504 g/mol. The van der Waals surface area contributed by atoms with E-state index in [1.165, 1.54) is 0 Å². The Morgan fingerprint density at radius 3 is 1.69 bits per heavy atom. The first kappa shape index (κ1) is 19.2. The Morgan fingerprint density at radius 2 is 1.23 bits per heavy atom. The average Bonchev–Trinajstić information content (AvgIpc) is 2.63. The van der Waals surface area contributed by atoms with Gasteiger partial charge in [-0.3, -0.25) is 0 Å². The quantitative estimate of drug-likeness (QED) is 0.310. The van der Waals surface area contributed by atoms with Crippen LogP contribution in [0.3, 0.4) is 0 Å². The molecular formula is C18H15ClIO5P. The molecule has 0 saturated carbocycles. The molecule has 3 rings (SSSR count). The van der Waals surface area contributed by atoms with Gasteiger partial charge in [0.05, 0.1) is 0 Å². The van der Waals surface area contributed by atoms with E-state index in [1.54, 1.807) is 84.9 Å². The van der Waals surface area contributed by atoms with Crippen molar-refractivity contribution in [1.29, 1.82) is 0 Å². The van der Waals surface area contributed by atoms with Gasteiger partial charge in [0.15, 0.2) is 0 Å². The number of rotatable bonds is 7. The Balaban J connectivity index is 1.84. The van der Waals surface area contributed by atoms with Crippen molar-refractivity contribution in [3.05, 3.63) is 93.5 Å². The van der Waals surface area contributed by atoms with Crippen LogP contribution in [-0.2, 0) is 7.42 Å². The van der Waals surface area contributed by atoms with Gasteiger partial charge in [-0.05, 0) is 0 Å². The molecule has 0 fully saturated rings. The third kappa shape index (κ3) is 5.46. The number of hydrogen-bond donors (Lipinski definition) is 1. The molecule has 136 valence electrons. The number of halogens is 2. The first-order valence-corrected chi connectivity index (χ1v) is 12.2. The molecule has 5 nitrogen and oxygen atoms in total. The summed E-state index contributed by atoms with van der Waals surface area (Å²) in [4.78, 5) is 0. The van der Waals surface area contributed by atoms with Gasteiger partial charge in [-0.1, -0.05) is 0 Å². The summed E-state index contributed by atoms with van der Waals surface area (Å²) in [6, 6.07) is 23.6. The second kappa shape index (κ2) is 8.88. The van der Waals surface area contributed by atoms with Crippen molar-refractivity contribution in [3.63, 3.8) is 0 Å². The number of para-hydroxylation sites is 2. The van der Waals surface area contributed by atoms with Crippen LogP contribution in [-0.4, -0.2) is 3.44 Å². The van der Waals surface area contributed by atoms with E-state index in [4.69, 9.17) is 23.5 Å². The van der Waals surface area contributed by atoms with Crippen LogP contribution < -0.4 is 9.05 Å². The Kier molecular flexibility index (Phi) is 6.56. The average molecular weight is 505 g/mol.